The smallest absolute Gasteiger partial charge is 0.334 e. The second-order valence-electron chi connectivity index (χ2n) is 4.69. The van der Waals surface area contributed by atoms with Crippen LogP contribution in [0.15, 0.2) is 23.3 Å². The molecule has 84 valence electrons. The van der Waals surface area contributed by atoms with E-state index in [1.165, 1.54) is 6.08 Å². The van der Waals surface area contributed by atoms with E-state index in [1.54, 1.807) is 6.08 Å². The van der Waals surface area contributed by atoms with E-state index in [2.05, 4.69) is 0 Å². The second kappa shape index (κ2) is 3.79. The van der Waals surface area contributed by atoms with Gasteiger partial charge in [-0.2, -0.15) is 0 Å². The number of aliphatic carboxylic acids is 1. The lowest BCUT2D eigenvalue weighted by Gasteiger charge is -2.32. The maximum atomic E-state index is 10.7. The average Bonchev–Trinajstić information content (AvgIpc) is 2.06. The Morgan fingerprint density at radius 2 is 1.73 bits per heavy atom. The first-order chi connectivity index (χ1) is 6.75. The number of aliphatic hydroxyl groups excluding tert-OH is 2. The first kappa shape index (κ1) is 11.9. The fraction of sp³-hybridized carbons (Fsp3) is 0.545. The third-order valence-corrected chi connectivity index (χ3v) is 2.49. The normalized spacial score (nSPS) is 27.0. The number of rotatable bonds is 1. The van der Waals surface area contributed by atoms with Gasteiger partial charge in [0.2, 0.25) is 0 Å². The van der Waals surface area contributed by atoms with Crippen LogP contribution in [0.5, 0.6) is 0 Å². The quantitative estimate of drug-likeness (QED) is 0.598. The van der Waals surface area contributed by atoms with Crippen LogP contribution in [0.25, 0.3) is 0 Å². The number of allylic oxidation sites excluding steroid dienone is 2. The molecule has 0 aromatic heterocycles. The molecule has 4 nitrogen and oxygen atoms in total. The van der Waals surface area contributed by atoms with Crippen LogP contribution in [-0.2, 0) is 4.79 Å². The fourth-order valence-electron chi connectivity index (χ4n) is 1.61. The van der Waals surface area contributed by atoms with Crippen LogP contribution < -0.4 is 0 Å². The highest BCUT2D eigenvalue weighted by atomic mass is 16.4. The van der Waals surface area contributed by atoms with Crippen molar-refractivity contribution >= 4 is 5.97 Å². The lowest BCUT2D eigenvalue weighted by atomic mass is 9.77. The zero-order chi connectivity index (χ0) is 11.8. The molecule has 15 heavy (non-hydrogen) atoms. The summed E-state index contributed by atoms with van der Waals surface area (Å²) in [4.78, 5) is 10.7. The van der Waals surface area contributed by atoms with Crippen molar-refractivity contribution < 1.29 is 20.1 Å². The summed E-state index contributed by atoms with van der Waals surface area (Å²) in [7, 11) is 0. The molecule has 1 aliphatic rings. The van der Waals surface area contributed by atoms with Crippen molar-refractivity contribution in [3.8, 4) is 0 Å². The molecular formula is C11H16O4. The zero-order valence-electron chi connectivity index (χ0n) is 9.06. The molecule has 0 saturated heterocycles. The number of carbonyl (C=O) groups is 1. The summed E-state index contributed by atoms with van der Waals surface area (Å²) < 4.78 is 0. The predicted octanol–water partition coefficient (Wildman–Crippen LogP) is 0.705. The monoisotopic (exact) mass is 212 g/mol. The lowest BCUT2D eigenvalue weighted by Crippen LogP contribution is -2.38. The second-order valence-corrected chi connectivity index (χ2v) is 4.69. The van der Waals surface area contributed by atoms with Crippen LogP contribution in [0.1, 0.15) is 20.8 Å². The summed E-state index contributed by atoms with van der Waals surface area (Å²) in [6, 6.07) is 0. The number of carboxylic acids is 1. The number of carboxylic acid groups (broad SMARTS) is 1. The number of aliphatic hydroxyl groups is 2. The van der Waals surface area contributed by atoms with Crippen molar-refractivity contribution in [3.05, 3.63) is 23.3 Å². The van der Waals surface area contributed by atoms with Gasteiger partial charge < -0.3 is 15.3 Å². The van der Waals surface area contributed by atoms with Crippen molar-refractivity contribution in [1.82, 2.24) is 0 Å². The summed E-state index contributed by atoms with van der Waals surface area (Å²) in [5, 5.41) is 28.1. The summed E-state index contributed by atoms with van der Waals surface area (Å²) in [5.41, 5.74) is 0.177. The molecule has 0 amide bonds. The van der Waals surface area contributed by atoms with Crippen molar-refractivity contribution in [2.45, 2.75) is 33.0 Å². The van der Waals surface area contributed by atoms with Gasteiger partial charge in [-0.3, -0.25) is 0 Å². The Morgan fingerprint density at radius 1 is 1.20 bits per heavy atom. The molecule has 2 atom stereocenters. The molecule has 0 aromatic rings. The molecule has 0 bridgehead atoms. The molecule has 0 spiro atoms. The maximum absolute atomic E-state index is 10.7. The Hall–Kier alpha value is -1.13. The summed E-state index contributed by atoms with van der Waals surface area (Å²) >= 11 is 0. The van der Waals surface area contributed by atoms with Crippen LogP contribution in [0.4, 0.5) is 0 Å². The third-order valence-electron chi connectivity index (χ3n) is 2.49. The minimum atomic E-state index is -1.35. The molecule has 0 radical (unpaired) electrons. The Morgan fingerprint density at radius 3 is 2.13 bits per heavy atom. The molecule has 0 aromatic carbocycles. The molecule has 4 heteroatoms. The van der Waals surface area contributed by atoms with Crippen molar-refractivity contribution in [2.24, 2.45) is 5.41 Å². The van der Waals surface area contributed by atoms with Crippen LogP contribution in [0.3, 0.4) is 0 Å². The van der Waals surface area contributed by atoms with E-state index in [0.717, 1.165) is 0 Å². The molecule has 0 saturated carbocycles. The number of hydrogen-bond donors (Lipinski definition) is 3. The van der Waals surface area contributed by atoms with Gasteiger partial charge in [0.05, 0.1) is 5.57 Å². The predicted molar refractivity (Wildman–Crippen MR) is 55.3 cm³/mol. The van der Waals surface area contributed by atoms with E-state index in [1.807, 2.05) is 20.8 Å². The largest absolute Gasteiger partial charge is 0.478 e. The van der Waals surface area contributed by atoms with Crippen molar-refractivity contribution in [1.29, 1.82) is 0 Å². The highest BCUT2D eigenvalue weighted by Crippen LogP contribution is 2.33. The minimum absolute atomic E-state index is 0.171. The molecule has 0 fully saturated rings. The highest BCUT2D eigenvalue weighted by Gasteiger charge is 2.35. The molecule has 1 rings (SSSR count). The Balaban J connectivity index is 3.11. The third kappa shape index (κ3) is 2.27. The van der Waals surface area contributed by atoms with E-state index in [4.69, 9.17) is 5.11 Å². The van der Waals surface area contributed by atoms with Crippen LogP contribution in [0.2, 0.25) is 0 Å². The standard InChI is InChI=1S/C11H16O4/c1-11(2,3)7-5-4-6(10(14)15)8(12)9(7)13/h4-5,8-9,12-13H,1-3H3,(H,14,15). The van der Waals surface area contributed by atoms with Gasteiger partial charge in [0.1, 0.15) is 12.2 Å². The van der Waals surface area contributed by atoms with E-state index < -0.39 is 18.2 Å². The van der Waals surface area contributed by atoms with Crippen LogP contribution in [-0.4, -0.2) is 33.5 Å². The molecule has 0 aliphatic heterocycles. The van der Waals surface area contributed by atoms with E-state index in [9.17, 15) is 15.0 Å². The fourth-order valence-corrected chi connectivity index (χ4v) is 1.61. The lowest BCUT2D eigenvalue weighted by molar-refractivity contribution is -0.134. The average molecular weight is 212 g/mol. The van der Waals surface area contributed by atoms with E-state index >= 15 is 0 Å². The van der Waals surface area contributed by atoms with Crippen LogP contribution >= 0.6 is 0 Å². The first-order valence-corrected chi connectivity index (χ1v) is 4.77. The van der Waals surface area contributed by atoms with E-state index in [-0.39, 0.29) is 11.0 Å². The minimum Gasteiger partial charge on any atom is -0.478 e. The van der Waals surface area contributed by atoms with E-state index in [0.29, 0.717) is 5.57 Å². The highest BCUT2D eigenvalue weighted by molar-refractivity contribution is 5.88. The molecule has 0 heterocycles. The van der Waals surface area contributed by atoms with Gasteiger partial charge in [-0.25, -0.2) is 4.79 Å². The van der Waals surface area contributed by atoms with Gasteiger partial charge in [0.15, 0.2) is 0 Å². The number of hydrogen-bond acceptors (Lipinski definition) is 3. The molecule has 2 unspecified atom stereocenters. The van der Waals surface area contributed by atoms with Gasteiger partial charge >= 0.3 is 5.97 Å². The van der Waals surface area contributed by atoms with Crippen LogP contribution in [0, 0.1) is 5.41 Å². The van der Waals surface area contributed by atoms with Gasteiger partial charge in [0, 0.05) is 0 Å². The van der Waals surface area contributed by atoms with Gasteiger partial charge in [-0.1, -0.05) is 26.8 Å². The summed E-state index contributed by atoms with van der Waals surface area (Å²) in [5.74, 6) is -1.20. The van der Waals surface area contributed by atoms with Crippen molar-refractivity contribution in [3.63, 3.8) is 0 Å². The molecule has 3 N–H and O–H groups in total. The first-order valence-electron chi connectivity index (χ1n) is 4.77. The summed E-state index contributed by atoms with van der Waals surface area (Å²) in [6.07, 6.45) is 0.434. The van der Waals surface area contributed by atoms with Gasteiger partial charge in [-0.05, 0) is 17.1 Å². The van der Waals surface area contributed by atoms with Crippen molar-refractivity contribution in [2.75, 3.05) is 0 Å². The Kier molecular flexibility index (Phi) is 3.02. The SMILES string of the molecule is CC(C)(C)C1=CC=C(C(=O)O)C(O)C1O. The topological polar surface area (TPSA) is 77.8 Å². The molecule has 1 aliphatic carbocycles. The Bertz CT molecular complexity index is 333. The molecular weight excluding hydrogens is 196 g/mol. The zero-order valence-corrected chi connectivity index (χ0v) is 9.06. The van der Waals surface area contributed by atoms with Gasteiger partial charge in [-0.15, -0.1) is 0 Å². The Labute approximate surface area is 88.5 Å². The van der Waals surface area contributed by atoms with Gasteiger partial charge in [0.25, 0.3) is 0 Å². The maximum Gasteiger partial charge on any atom is 0.334 e. The summed E-state index contributed by atoms with van der Waals surface area (Å²) in [6.45, 7) is 5.69.